The molecule has 0 aliphatic carbocycles. The second kappa shape index (κ2) is 5.81. The van der Waals surface area contributed by atoms with Crippen molar-refractivity contribution in [3.63, 3.8) is 0 Å². The molecule has 3 aromatic heterocycles. The lowest BCUT2D eigenvalue weighted by molar-refractivity contribution is 0.0754. The Morgan fingerprint density at radius 1 is 1.21 bits per heavy atom. The number of thiophene rings is 1. The Kier molecular flexibility index (Phi) is 3.63. The fourth-order valence-electron chi connectivity index (χ4n) is 2.64. The SMILES string of the molecule is CC(O)(CNc1ncnc2cnccc12)c1cc2ccccc2s1. The smallest absolute Gasteiger partial charge is 0.137 e. The molecular weight excluding hydrogens is 320 g/mol. The molecule has 24 heavy (non-hydrogen) atoms. The van der Waals surface area contributed by atoms with Crippen LogP contribution in [0.25, 0.3) is 21.0 Å². The van der Waals surface area contributed by atoms with Crippen molar-refractivity contribution in [1.82, 2.24) is 15.0 Å². The molecule has 1 aromatic carbocycles. The summed E-state index contributed by atoms with van der Waals surface area (Å²) in [6, 6.07) is 12.1. The van der Waals surface area contributed by atoms with Crippen molar-refractivity contribution in [2.24, 2.45) is 0 Å². The summed E-state index contributed by atoms with van der Waals surface area (Å²) < 4.78 is 1.17. The third kappa shape index (κ3) is 2.70. The van der Waals surface area contributed by atoms with Crippen LogP contribution in [-0.2, 0) is 5.60 Å². The standard InChI is InChI=1S/C18H16N4OS/c1-18(23,16-8-12-4-2-3-5-15(12)24-16)10-20-17-13-6-7-19-9-14(13)21-11-22-17/h2-9,11,23H,10H2,1H3,(H,20,21,22). The highest BCUT2D eigenvalue weighted by Gasteiger charge is 2.25. The Morgan fingerprint density at radius 2 is 2.08 bits per heavy atom. The Morgan fingerprint density at radius 3 is 2.96 bits per heavy atom. The second-order valence-corrected chi connectivity index (χ2v) is 6.97. The number of aromatic nitrogens is 3. The van der Waals surface area contributed by atoms with Crippen molar-refractivity contribution in [3.8, 4) is 0 Å². The maximum atomic E-state index is 10.9. The number of hydrogen-bond acceptors (Lipinski definition) is 6. The summed E-state index contributed by atoms with van der Waals surface area (Å²) >= 11 is 1.61. The zero-order valence-corrected chi connectivity index (χ0v) is 13.9. The van der Waals surface area contributed by atoms with Crippen molar-refractivity contribution in [2.45, 2.75) is 12.5 Å². The zero-order chi connectivity index (χ0) is 16.6. The molecule has 0 aliphatic heterocycles. The third-order valence-corrected chi connectivity index (χ3v) is 5.36. The van der Waals surface area contributed by atoms with Gasteiger partial charge in [-0.25, -0.2) is 9.97 Å². The van der Waals surface area contributed by atoms with E-state index in [4.69, 9.17) is 0 Å². The molecule has 5 nitrogen and oxygen atoms in total. The lowest BCUT2D eigenvalue weighted by Gasteiger charge is -2.23. The van der Waals surface area contributed by atoms with Crippen molar-refractivity contribution in [2.75, 3.05) is 11.9 Å². The molecule has 0 aliphatic rings. The van der Waals surface area contributed by atoms with Gasteiger partial charge in [-0.2, -0.15) is 0 Å². The molecule has 0 amide bonds. The summed E-state index contributed by atoms with van der Waals surface area (Å²) in [5.41, 5.74) is -0.218. The topological polar surface area (TPSA) is 70.9 Å². The lowest BCUT2D eigenvalue weighted by atomic mass is 10.0. The predicted octanol–water partition coefficient (Wildman–Crippen LogP) is 3.56. The number of anilines is 1. The number of nitrogens with one attached hydrogen (secondary N) is 1. The van der Waals surface area contributed by atoms with Gasteiger partial charge in [-0.1, -0.05) is 18.2 Å². The maximum Gasteiger partial charge on any atom is 0.137 e. The molecule has 6 heteroatoms. The maximum absolute atomic E-state index is 10.9. The Balaban J connectivity index is 1.61. The predicted molar refractivity (Wildman–Crippen MR) is 97.2 cm³/mol. The van der Waals surface area contributed by atoms with E-state index in [0.717, 1.165) is 21.2 Å². The highest BCUT2D eigenvalue weighted by Crippen LogP contribution is 2.33. The molecule has 2 N–H and O–H groups in total. The van der Waals surface area contributed by atoms with E-state index in [9.17, 15) is 5.11 Å². The molecule has 0 radical (unpaired) electrons. The molecule has 0 saturated carbocycles. The van der Waals surface area contributed by atoms with Gasteiger partial charge in [0, 0.05) is 27.7 Å². The van der Waals surface area contributed by atoms with Gasteiger partial charge in [-0.15, -0.1) is 11.3 Å². The van der Waals surface area contributed by atoms with Gasteiger partial charge in [0.25, 0.3) is 0 Å². The third-order valence-electron chi connectivity index (χ3n) is 4.00. The molecule has 1 atom stereocenters. The Bertz CT molecular complexity index is 974. The summed E-state index contributed by atoms with van der Waals surface area (Å²) in [5, 5.41) is 16.2. The van der Waals surface area contributed by atoms with Gasteiger partial charge in [-0.05, 0) is 30.5 Å². The van der Waals surface area contributed by atoms with Gasteiger partial charge in [0.1, 0.15) is 17.7 Å². The summed E-state index contributed by atoms with van der Waals surface area (Å²) in [5.74, 6) is 0.698. The first-order valence-corrected chi connectivity index (χ1v) is 8.45. The van der Waals surface area contributed by atoms with Crippen LogP contribution in [0.2, 0.25) is 0 Å². The van der Waals surface area contributed by atoms with E-state index in [0.29, 0.717) is 12.4 Å². The number of pyridine rings is 1. The van der Waals surface area contributed by atoms with Gasteiger partial charge >= 0.3 is 0 Å². The first-order chi connectivity index (χ1) is 11.6. The van der Waals surface area contributed by atoms with Crippen LogP contribution in [0.15, 0.2) is 55.1 Å². The van der Waals surface area contributed by atoms with Crippen LogP contribution < -0.4 is 5.32 Å². The zero-order valence-electron chi connectivity index (χ0n) is 13.1. The molecule has 120 valence electrons. The van der Waals surface area contributed by atoms with E-state index < -0.39 is 5.60 Å². The molecular formula is C18H16N4OS. The van der Waals surface area contributed by atoms with Gasteiger partial charge in [0.15, 0.2) is 0 Å². The number of benzene rings is 1. The second-order valence-electron chi connectivity index (χ2n) is 5.89. The van der Waals surface area contributed by atoms with Gasteiger partial charge < -0.3 is 10.4 Å². The molecule has 4 rings (SSSR count). The van der Waals surface area contributed by atoms with Crippen molar-refractivity contribution >= 4 is 38.1 Å². The van der Waals surface area contributed by atoms with Gasteiger partial charge in [0.2, 0.25) is 0 Å². The van der Waals surface area contributed by atoms with E-state index in [1.54, 1.807) is 23.7 Å². The highest BCUT2D eigenvalue weighted by molar-refractivity contribution is 7.19. The first-order valence-electron chi connectivity index (χ1n) is 7.63. The summed E-state index contributed by atoms with van der Waals surface area (Å²) in [7, 11) is 0. The molecule has 0 bridgehead atoms. The van der Waals surface area contributed by atoms with Crippen LogP contribution in [0.4, 0.5) is 5.82 Å². The monoisotopic (exact) mass is 336 g/mol. The van der Waals surface area contributed by atoms with E-state index in [2.05, 4.69) is 32.4 Å². The molecule has 1 unspecified atom stereocenters. The van der Waals surface area contributed by atoms with Crippen LogP contribution >= 0.6 is 11.3 Å². The van der Waals surface area contributed by atoms with Crippen LogP contribution in [0.1, 0.15) is 11.8 Å². The number of aliphatic hydroxyl groups is 1. The van der Waals surface area contributed by atoms with Crippen LogP contribution in [0.5, 0.6) is 0 Å². The van der Waals surface area contributed by atoms with E-state index in [-0.39, 0.29) is 0 Å². The van der Waals surface area contributed by atoms with Crippen LogP contribution in [0, 0.1) is 0 Å². The Labute approximate surface area is 143 Å². The highest BCUT2D eigenvalue weighted by atomic mass is 32.1. The number of nitrogens with zero attached hydrogens (tertiary/aromatic N) is 3. The minimum absolute atomic E-state index is 0.355. The van der Waals surface area contributed by atoms with E-state index in [1.807, 2.05) is 31.2 Å². The van der Waals surface area contributed by atoms with Gasteiger partial charge in [0.05, 0.1) is 11.7 Å². The average molecular weight is 336 g/mol. The Hall–Kier alpha value is -2.57. The minimum Gasteiger partial charge on any atom is -0.383 e. The van der Waals surface area contributed by atoms with E-state index >= 15 is 0 Å². The van der Waals surface area contributed by atoms with Crippen molar-refractivity contribution < 1.29 is 5.11 Å². The van der Waals surface area contributed by atoms with Crippen molar-refractivity contribution in [3.05, 3.63) is 60.0 Å². The normalized spacial score (nSPS) is 13.9. The largest absolute Gasteiger partial charge is 0.383 e. The summed E-state index contributed by atoms with van der Waals surface area (Å²) in [6.45, 7) is 2.17. The summed E-state index contributed by atoms with van der Waals surface area (Å²) in [4.78, 5) is 13.5. The fourth-order valence-corrected chi connectivity index (χ4v) is 3.74. The van der Waals surface area contributed by atoms with Crippen molar-refractivity contribution in [1.29, 1.82) is 0 Å². The first kappa shape index (κ1) is 15.0. The fraction of sp³-hybridized carbons (Fsp3) is 0.167. The number of hydrogen-bond donors (Lipinski definition) is 2. The molecule has 0 fully saturated rings. The van der Waals surface area contributed by atoms with Crippen LogP contribution in [0.3, 0.4) is 0 Å². The van der Waals surface area contributed by atoms with Gasteiger partial charge in [-0.3, -0.25) is 4.98 Å². The summed E-state index contributed by atoms with van der Waals surface area (Å²) in [6.07, 6.45) is 4.91. The lowest BCUT2D eigenvalue weighted by Crippen LogP contribution is -2.30. The molecule has 0 spiro atoms. The number of fused-ring (bicyclic) bond motifs is 2. The average Bonchev–Trinajstić information content (AvgIpc) is 3.05. The van der Waals surface area contributed by atoms with E-state index in [1.165, 1.54) is 11.0 Å². The molecule has 3 heterocycles. The van der Waals surface area contributed by atoms with Crippen LogP contribution in [-0.4, -0.2) is 26.6 Å². The molecule has 4 aromatic rings. The molecule has 0 saturated heterocycles. The quantitative estimate of drug-likeness (QED) is 0.596. The minimum atomic E-state index is -0.992. The number of rotatable bonds is 4.